The molecule has 8 nitrogen and oxygen atoms in total. The summed E-state index contributed by atoms with van der Waals surface area (Å²) >= 11 is 0. The summed E-state index contributed by atoms with van der Waals surface area (Å²) in [4.78, 5) is 15.9. The van der Waals surface area contributed by atoms with Crippen LogP contribution in [0.2, 0.25) is 0 Å². The number of hydrogen-bond acceptors (Lipinski definition) is 7. The monoisotopic (exact) mass is 416 g/mol. The van der Waals surface area contributed by atoms with Gasteiger partial charge in [0.05, 0.1) is 30.4 Å². The summed E-state index contributed by atoms with van der Waals surface area (Å²) in [6.07, 6.45) is 1.83. The van der Waals surface area contributed by atoms with E-state index >= 15 is 0 Å². The predicted molar refractivity (Wildman–Crippen MR) is 105 cm³/mol. The largest absolute Gasteiger partial charge is 0.497 e. The Hall–Kier alpha value is -3.17. The molecule has 0 fully saturated rings. The Morgan fingerprint density at radius 2 is 1.90 bits per heavy atom. The Bertz CT molecular complexity index is 1090. The minimum atomic E-state index is -3.78. The fourth-order valence-electron chi connectivity index (χ4n) is 2.59. The summed E-state index contributed by atoms with van der Waals surface area (Å²) in [5.74, 6) is 0.568. The number of benzene rings is 2. The lowest BCUT2D eigenvalue weighted by atomic mass is 10.2. The Balaban J connectivity index is 1.62. The summed E-state index contributed by atoms with van der Waals surface area (Å²) in [6, 6.07) is 12.9. The third kappa shape index (κ3) is 5.01. The number of rotatable bonds is 8. The topological polar surface area (TPSA) is 108 Å². The average molecular weight is 416 g/mol. The zero-order valence-electron chi connectivity index (χ0n) is 15.9. The molecule has 0 amide bonds. The van der Waals surface area contributed by atoms with Crippen LogP contribution in [-0.4, -0.2) is 40.1 Å². The van der Waals surface area contributed by atoms with Crippen molar-refractivity contribution in [3.8, 4) is 17.2 Å². The fraction of sp³-hybridized carbons (Fsp3) is 0.200. The number of carbonyl (C=O) groups excluding carboxylic acids is 1. The van der Waals surface area contributed by atoms with Crippen LogP contribution >= 0.6 is 0 Å². The first kappa shape index (κ1) is 20.6. The van der Waals surface area contributed by atoms with Gasteiger partial charge in [-0.3, -0.25) is 0 Å². The van der Waals surface area contributed by atoms with Crippen molar-refractivity contribution in [2.75, 3.05) is 20.8 Å². The van der Waals surface area contributed by atoms with E-state index in [4.69, 9.17) is 9.15 Å². The molecule has 2 aromatic carbocycles. The van der Waals surface area contributed by atoms with E-state index in [0.29, 0.717) is 18.0 Å². The highest BCUT2D eigenvalue weighted by molar-refractivity contribution is 7.89. The molecule has 0 unspecified atom stereocenters. The first-order valence-corrected chi connectivity index (χ1v) is 10.2. The van der Waals surface area contributed by atoms with E-state index in [1.807, 2.05) is 12.1 Å². The number of nitrogens with zero attached hydrogens (tertiary/aromatic N) is 1. The van der Waals surface area contributed by atoms with Gasteiger partial charge in [0.25, 0.3) is 0 Å². The van der Waals surface area contributed by atoms with Crippen molar-refractivity contribution in [2.45, 2.75) is 11.3 Å². The number of oxazole rings is 1. The molecular weight excluding hydrogens is 396 g/mol. The Labute approximate surface area is 168 Å². The number of aromatic nitrogens is 1. The smallest absolute Gasteiger partial charge is 0.337 e. The molecule has 0 aliphatic rings. The third-order valence-corrected chi connectivity index (χ3v) is 5.59. The summed E-state index contributed by atoms with van der Waals surface area (Å²) < 4.78 is 42.6. The van der Waals surface area contributed by atoms with Crippen molar-refractivity contribution in [3.05, 3.63) is 66.1 Å². The van der Waals surface area contributed by atoms with Crippen LogP contribution in [0.1, 0.15) is 16.1 Å². The number of carbonyl (C=O) groups is 1. The molecule has 152 valence electrons. The van der Waals surface area contributed by atoms with Crippen molar-refractivity contribution in [3.63, 3.8) is 0 Å². The highest BCUT2D eigenvalue weighted by atomic mass is 32.2. The van der Waals surface area contributed by atoms with Gasteiger partial charge in [0.2, 0.25) is 15.9 Å². The van der Waals surface area contributed by atoms with Crippen molar-refractivity contribution in [1.29, 1.82) is 0 Å². The third-order valence-electron chi connectivity index (χ3n) is 4.13. The van der Waals surface area contributed by atoms with Gasteiger partial charge >= 0.3 is 5.97 Å². The summed E-state index contributed by atoms with van der Waals surface area (Å²) in [6.45, 7) is 0.124. The number of methoxy groups -OCH3 is 2. The molecule has 0 atom stereocenters. The van der Waals surface area contributed by atoms with Crippen LogP contribution in [0.5, 0.6) is 5.75 Å². The average Bonchev–Trinajstić information content (AvgIpc) is 3.22. The SMILES string of the molecule is COC(=O)c1cccc(S(=O)(=O)NCCc2coc(-c3ccc(OC)cc3)n2)c1. The molecule has 3 aromatic rings. The lowest BCUT2D eigenvalue weighted by Gasteiger charge is -2.07. The molecule has 9 heteroatoms. The van der Waals surface area contributed by atoms with Crippen LogP contribution in [-0.2, 0) is 21.2 Å². The number of sulfonamides is 1. The molecule has 1 heterocycles. The highest BCUT2D eigenvalue weighted by Crippen LogP contribution is 2.22. The van der Waals surface area contributed by atoms with Gasteiger partial charge in [0.1, 0.15) is 12.0 Å². The molecule has 3 rings (SSSR count). The van der Waals surface area contributed by atoms with Gasteiger partial charge in [-0.2, -0.15) is 0 Å². The van der Waals surface area contributed by atoms with E-state index in [9.17, 15) is 13.2 Å². The van der Waals surface area contributed by atoms with Crippen molar-refractivity contribution < 1.29 is 27.1 Å². The molecule has 0 aliphatic carbocycles. The van der Waals surface area contributed by atoms with E-state index in [1.54, 1.807) is 19.2 Å². The summed E-state index contributed by atoms with van der Waals surface area (Å²) in [7, 11) is -0.954. The maximum Gasteiger partial charge on any atom is 0.337 e. The second-order valence-corrected chi connectivity index (χ2v) is 7.81. The van der Waals surface area contributed by atoms with Crippen LogP contribution in [0.4, 0.5) is 0 Å². The van der Waals surface area contributed by atoms with E-state index in [2.05, 4.69) is 14.4 Å². The lowest BCUT2D eigenvalue weighted by Crippen LogP contribution is -2.26. The van der Waals surface area contributed by atoms with E-state index in [0.717, 1.165) is 11.3 Å². The Kier molecular flexibility index (Phi) is 6.30. The molecule has 0 saturated carbocycles. The van der Waals surface area contributed by atoms with Crippen molar-refractivity contribution >= 4 is 16.0 Å². The normalized spacial score (nSPS) is 11.2. The van der Waals surface area contributed by atoms with Crippen LogP contribution in [0.25, 0.3) is 11.5 Å². The van der Waals surface area contributed by atoms with Crippen molar-refractivity contribution in [1.82, 2.24) is 9.71 Å². The van der Waals surface area contributed by atoms with Gasteiger partial charge in [-0.05, 0) is 42.5 Å². The van der Waals surface area contributed by atoms with Gasteiger partial charge in [-0.1, -0.05) is 6.07 Å². The van der Waals surface area contributed by atoms with Crippen LogP contribution in [0, 0.1) is 0 Å². The van der Waals surface area contributed by atoms with Crippen LogP contribution in [0.3, 0.4) is 0 Å². The second-order valence-electron chi connectivity index (χ2n) is 6.04. The van der Waals surface area contributed by atoms with Crippen molar-refractivity contribution in [2.24, 2.45) is 0 Å². The Morgan fingerprint density at radius 1 is 1.14 bits per heavy atom. The molecule has 29 heavy (non-hydrogen) atoms. The minimum Gasteiger partial charge on any atom is -0.497 e. The first-order valence-electron chi connectivity index (χ1n) is 8.70. The molecule has 0 saturated heterocycles. The van der Waals surface area contributed by atoms with Crippen LogP contribution in [0.15, 0.2) is 64.1 Å². The molecule has 0 spiro atoms. The molecule has 0 radical (unpaired) electrons. The van der Waals surface area contributed by atoms with E-state index in [-0.39, 0.29) is 17.0 Å². The quantitative estimate of drug-likeness (QED) is 0.563. The summed E-state index contributed by atoms with van der Waals surface area (Å²) in [5, 5.41) is 0. The predicted octanol–water partition coefficient (Wildman–Crippen LogP) is 2.66. The number of nitrogens with one attached hydrogen (secondary N) is 1. The number of ether oxygens (including phenoxy) is 2. The standard InChI is InChI=1S/C20H20N2O6S/c1-26-17-8-6-14(7-9-17)19-22-16(13-28-19)10-11-21-29(24,25)18-5-3-4-15(12-18)20(23)27-2/h3-9,12-13,21H,10-11H2,1-2H3. The second kappa shape index (κ2) is 8.89. The fourth-order valence-corrected chi connectivity index (χ4v) is 3.67. The van der Waals surface area contributed by atoms with Gasteiger partial charge in [-0.25, -0.2) is 22.9 Å². The molecule has 1 N–H and O–H groups in total. The zero-order valence-corrected chi connectivity index (χ0v) is 16.7. The summed E-state index contributed by atoms with van der Waals surface area (Å²) in [5.41, 5.74) is 1.56. The number of hydrogen-bond donors (Lipinski definition) is 1. The molecule has 0 bridgehead atoms. The van der Waals surface area contributed by atoms with Gasteiger partial charge in [0.15, 0.2) is 0 Å². The minimum absolute atomic E-state index is 0.0144. The van der Waals surface area contributed by atoms with Crippen LogP contribution < -0.4 is 9.46 Å². The lowest BCUT2D eigenvalue weighted by molar-refractivity contribution is 0.0600. The van der Waals surface area contributed by atoms with Gasteiger partial charge < -0.3 is 13.9 Å². The first-order chi connectivity index (χ1) is 13.9. The maximum atomic E-state index is 12.5. The molecule has 1 aromatic heterocycles. The maximum absolute atomic E-state index is 12.5. The highest BCUT2D eigenvalue weighted by Gasteiger charge is 2.16. The zero-order chi connectivity index (χ0) is 20.9. The number of esters is 1. The van der Waals surface area contributed by atoms with Gasteiger partial charge in [0, 0.05) is 18.5 Å². The van der Waals surface area contributed by atoms with Gasteiger partial charge in [-0.15, -0.1) is 0 Å². The molecule has 0 aliphatic heterocycles. The Morgan fingerprint density at radius 3 is 2.59 bits per heavy atom. The van der Waals surface area contributed by atoms with E-state index < -0.39 is 16.0 Å². The molecular formula is C20H20N2O6S. The van der Waals surface area contributed by atoms with E-state index in [1.165, 1.54) is 37.6 Å².